The Balaban J connectivity index is 2.49. The molecule has 0 heterocycles. The SMILES string of the molecule is C=CCCCC(=O)Nc1cccc(CCC(=O)O)c1. The smallest absolute Gasteiger partial charge is 0.303 e. The lowest BCUT2D eigenvalue weighted by Gasteiger charge is -2.06. The zero-order valence-electron chi connectivity index (χ0n) is 10.9. The van der Waals surface area contributed by atoms with Crippen LogP contribution in [0, 0.1) is 0 Å². The van der Waals surface area contributed by atoms with Crippen LogP contribution in [0.2, 0.25) is 0 Å². The maximum atomic E-state index is 11.6. The van der Waals surface area contributed by atoms with Gasteiger partial charge in [-0.15, -0.1) is 6.58 Å². The zero-order chi connectivity index (χ0) is 14.1. The number of unbranched alkanes of at least 4 members (excludes halogenated alkanes) is 1. The van der Waals surface area contributed by atoms with Crippen LogP contribution >= 0.6 is 0 Å². The Kier molecular flexibility index (Phi) is 6.36. The zero-order valence-corrected chi connectivity index (χ0v) is 10.9. The van der Waals surface area contributed by atoms with E-state index in [0.717, 1.165) is 18.4 Å². The number of allylic oxidation sites excluding steroid dienone is 1. The molecule has 0 radical (unpaired) electrons. The highest BCUT2D eigenvalue weighted by Crippen LogP contribution is 2.13. The molecule has 0 aliphatic carbocycles. The number of hydrogen-bond acceptors (Lipinski definition) is 2. The van der Waals surface area contributed by atoms with Gasteiger partial charge in [0.25, 0.3) is 0 Å². The number of aryl methyl sites for hydroxylation is 1. The monoisotopic (exact) mass is 261 g/mol. The number of carboxylic acids is 1. The molecule has 4 heteroatoms. The lowest BCUT2D eigenvalue weighted by Crippen LogP contribution is -2.11. The summed E-state index contributed by atoms with van der Waals surface area (Å²) in [4.78, 5) is 22.1. The van der Waals surface area contributed by atoms with Crippen LogP contribution in [0.15, 0.2) is 36.9 Å². The summed E-state index contributed by atoms with van der Waals surface area (Å²) in [7, 11) is 0. The highest BCUT2D eigenvalue weighted by molar-refractivity contribution is 5.90. The van der Waals surface area contributed by atoms with E-state index in [0.29, 0.717) is 18.5 Å². The summed E-state index contributed by atoms with van der Waals surface area (Å²) in [6.07, 6.45) is 4.43. The molecule has 0 unspecified atom stereocenters. The number of hydrogen-bond donors (Lipinski definition) is 2. The summed E-state index contributed by atoms with van der Waals surface area (Å²) in [5.41, 5.74) is 1.62. The normalized spacial score (nSPS) is 9.89. The molecule has 0 fully saturated rings. The van der Waals surface area contributed by atoms with E-state index in [1.54, 1.807) is 12.1 Å². The first-order chi connectivity index (χ1) is 9.11. The Morgan fingerprint density at radius 1 is 1.32 bits per heavy atom. The number of carboxylic acid groups (broad SMARTS) is 1. The van der Waals surface area contributed by atoms with Gasteiger partial charge in [0.2, 0.25) is 5.91 Å². The van der Waals surface area contributed by atoms with Gasteiger partial charge < -0.3 is 10.4 Å². The van der Waals surface area contributed by atoms with Crippen molar-refractivity contribution in [3.63, 3.8) is 0 Å². The lowest BCUT2D eigenvalue weighted by molar-refractivity contribution is -0.137. The number of anilines is 1. The molecule has 0 bridgehead atoms. The largest absolute Gasteiger partial charge is 0.481 e. The molecule has 1 aromatic carbocycles. The van der Waals surface area contributed by atoms with Gasteiger partial charge >= 0.3 is 5.97 Å². The van der Waals surface area contributed by atoms with Gasteiger partial charge in [-0.2, -0.15) is 0 Å². The number of amides is 1. The molecule has 19 heavy (non-hydrogen) atoms. The number of benzene rings is 1. The molecule has 102 valence electrons. The van der Waals surface area contributed by atoms with Crippen molar-refractivity contribution in [2.45, 2.75) is 32.1 Å². The quantitative estimate of drug-likeness (QED) is 0.558. The van der Waals surface area contributed by atoms with Gasteiger partial charge in [-0.1, -0.05) is 18.2 Å². The third-order valence-corrected chi connectivity index (χ3v) is 2.65. The van der Waals surface area contributed by atoms with Gasteiger partial charge in [-0.25, -0.2) is 0 Å². The fourth-order valence-electron chi connectivity index (χ4n) is 1.69. The van der Waals surface area contributed by atoms with Crippen molar-refractivity contribution in [3.8, 4) is 0 Å². The van der Waals surface area contributed by atoms with Crippen LogP contribution in [0.1, 0.15) is 31.2 Å². The number of rotatable bonds is 8. The molecule has 0 spiro atoms. The van der Waals surface area contributed by atoms with Gasteiger partial charge in [-0.05, 0) is 37.0 Å². The van der Waals surface area contributed by atoms with Crippen LogP contribution in [0.25, 0.3) is 0 Å². The molecular weight excluding hydrogens is 242 g/mol. The molecule has 2 N–H and O–H groups in total. The van der Waals surface area contributed by atoms with Crippen molar-refractivity contribution in [2.24, 2.45) is 0 Å². The highest BCUT2D eigenvalue weighted by atomic mass is 16.4. The summed E-state index contributed by atoms with van der Waals surface area (Å²) in [6, 6.07) is 7.29. The fourth-order valence-corrected chi connectivity index (χ4v) is 1.69. The molecule has 1 aromatic rings. The third-order valence-electron chi connectivity index (χ3n) is 2.65. The number of carbonyl (C=O) groups is 2. The summed E-state index contributed by atoms with van der Waals surface area (Å²) < 4.78 is 0. The minimum absolute atomic E-state index is 0.0303. The van der Waals surface area contributed by atoms with E-state index in [1.807, 2.05) is 18.2 Å². The first-order valence-corrected chi connectivity index (χ1v) is 6.33. The second-order valence-electron chi connectivity index (χ2n) is 4.32. The van der Waals surface area contributed by atoms with Crippen molar-refractivity contribution in [1.82, 2.24) is 0 Å². The third kappa shape index (κ3) is 6.41. The summed E-state index contributed by atoms with van der Waals surface area (Å²) in [5.74, 6) is -0.851. The minimum Gasteiger partial charge on any atom is -0.481 e. The van der Waals surface area contributed by atoms with E-state index in [-0.39, 0.29) is 12.3 Å². The Morgan fingerprint density at radius 3 is 2.79 bits per heavy atom. The van der Waals surface area contributed by atoms with Crippen LogP contribution in [0.5, 0.6) is 0 Å². The lowest BCUT2D eigenvalue weighted by atomic mass is 10.1. The standard InChI is InChI=1S/C15H19NO3/c1-2-3-4-8-14(17)16-13-7-5-6-12(11-13)9-10-15(18)19/h2,5-7,11H,1,3-4,8-10H2,(H,16,17)(H,18,19). The van der Waals surface area contributed by atoms with Crippen LogP contribution in [-0.4, -0.2) is 17.0 Å². The second-order valence-corrected chi connectivity index (χ2v) is 4.32. The highest BCUT2D eigenvalue weighted by Gasteiger charge is 2.03. The van der Waals surface area contributed by atoms with Gasteiger partial charge in [0, 0.05) is 18.5 Å². The van der Waals surface area contributed by atoms with E-state index in [2.05, 4.69) is 11.9 Å². The molecule has 0 saturated carbocycles. The molecular formula is C15H19NO3. The van der Waals surface area contributed by atoms with Crippen molar-refractivity contribution < 1.29 is 14.7 Å². The molecule has 4 nitrogen and oxygen atoms in total. The van der Waals surface area contributed by atoms with Crippen molar-refractivity contribution in [2.75, 3.05) is 5.32 Å². The number of aliphatic carboxylic acids is 1. The number of nitrogens with one attached hydrogen (secondary N) is 1. The van der Waals surface area contributed by atoms with Crippen LogP contribution in [-0.2, 0) is 16.0 Å². The van der Waals surface area contributed by atoms with Crippen molar-refractivity contribution in [3.05, 3.63) is 42.5 Å². The van der Waals surface area contributed by atoms with E-state index < -0.39 is 5.97 Å². The topological polar surface area (TPSA) is 66.4 Å². The Bertz CT molecular complexity index is 454. The van der Waals surface area contributed by atoms with Gasteiger partial charge in [0.1, 0.15) is 0 Å². The van der Waals surface area contributed by atoms with Gasteiger partial charge in [0.15, 0.2) is 0 Å². The van der Waals surface area contributed by atoms with E-state index >= 15 is 0 Å². The minimum atomic E-state index is -0.820. The van der Waals surface area contributed by atoms with Crippen LogP contribution < -0.4 is 5.32 Å². The molecule has 1 rings (SSSR count). The molecule has 0 aromatic heterocycles. The molecule has 1 amide bonds. The molecule has 0 saturated heterocycles. The first-order valence-electron chi connectivity index (χ1n) is 6.33. The predicted octanol–water partition coefficient (Wildman–Crippen LogP) is 3.00. The molecule has 0 aliphatic heterocycles. The Morgan fingerprint density at radius 2 is 2.11 bits per heavy atom. The average Bonchev–Trinajstić information content (AvgIpc) is 2.37. The maximum Gasteiger partial charge on any atom is 0.303 e. The van der Waals surface area contributed by atoms with E-state index in [4.69, 9.17) is 5.11 Å². The average molecular weight is 261 g/mol. The van der Waals surface area contributed by atoms with Crippen molar-refractivity contribution >= 4 is 17.6 Å². The fraction of sp³-hybridized carbons (Fsp3) is 0.333. The maximum absolute atomic E-state index is 11.6. The van der Waals surface area contributed by atoms with Gasteiger partial charge in [-0.3, -0.25) is 9.59 Å². The van der Waals surface area contributed by atoms with E-state index in [9.17, 15) is 9.59 Å². The second kappa shape index (κ2) is 8.08. The van der Waals surface area contributed by atoms with E-state index in [1.165, 1.54) is 0 Å². The summed E-state index contributed by atoms with van der Waals surface area (Å²) in [6.45, 7) is 3.61. The Hall–Kier alpha value is -2.10. The Labute approximate surface area is 113 Å². The van der Waals surface area contributed by atoms with Crippen LogP contribution in [0.4, 0.5) is 5.69 Å². The summed E-state index contributed by atoms with van der Waals surface area (Å²) >= 11 is 0. The molecule has 0 aliphatic rings. The van der Waals surface area contributed by atoms with Gasteiger partial charge in [0.05, 0.1) is 0 Å². The predicted molar refractivity (Wildman–Crippen MR) is 75.1 cm³/mol. The van der Waals surface area contributed by atoms with Crippen molar-refractivity contribution in [1.29, 1.82) is 0 Å². The summed E-state index contributed by atoms with van der Waals surface area (Å²) in [5, 5.41) is 11.4. The molecule has 0 atom stereocenters. The number of carbonyl (C=O) groups excluding carboxylic acids is 1. The van der Waals surface area contributed by atoms with Crippen LogP contribution in [0.3, 0.4) is 0 Å². The first kappa shape index (κ1) is 15.0.